The van der Waals surface area contributed by atoms with E-state index < -0.39 is 0 Å². The molecule has 0 spiro atoms. The van der Waals surface area contributed by atoms with Gasteiger partial charge in [-0.1, -0.05) is 30.3 Å². The van der Waals surface area contributed by atoms with E-state index in [2.05, 4.69) is 41.0 Å². The largest absolute Gasteiger partial charge is 0.454 e. The van der Waals surface area contributed by atoms with Crippen molar-refractivity contribution in [3.63, 3.8) is 0 Å². The molecular formula is C23H29N3O3. The molecular weight excluding hydrogens is 366 g/mol. The molecule has 0 aromatic heterocycles. The van der Waals surface area contributed by atoms with E-state index in [0.29, 0.717) is 13.1 Å². The first-order valence-electron chi connectivity index (χ1n) is 10.2. The molecule has 2 aromatic rings. The molecule has 4 rings (SSSR count). The number of aryl methyl sites for hydroxylation is 1. The average molecular weight is 396 g/mol. The van der Waals surface area contributed by atoms with Crippen molar-refractivity contribution in [1.82, 2.24) is 14.7 Å². The van der Waals surface area contributed by atoms with Crippen molar-refractivity contribution in [3.8, 4) is 11.5 Å². The number of likely N-dealkylation sites (N-methyl/N-ethyl adjacent to an activating group) is 1. The Morgan fingerprint density at radius 1 is 1.03 bits per heavy atom. The van der Waals surface area contributed by atoms with Crippen LogP contribution in [0.1, 0.15) is 16.7 Å². The van der Waals surface area contributed by atoms with Crippen LogP contribution in [0.2, 0.25) is 0 Å². The third-order valence-electron chi connectivity index (χ3n) is 5.67. The van der Waals surface area contributed by atoms with Crippen LogP contribution in [-0.4, -0.2) is 67.2 Å². The monoisotopic (exact) mass is 395 g/mol. The van der Waals surface area contributed by atoms with Crippen LogP contribution < -0.4 is 9.47 Å². The molecule has 0 saturated carbocycles. The molecule has 6 nitrogen and oxygen atoms in total. The van der Waals surface area contributed by atoms with Gasteiger partial charge in [0.05, 0.1) is 6.54 Å². The molecule has 1 amide bonds. The fraction of sp³-hybridized carbons (Fsp3) is 0.435. The van der Waals surface area contributed by atoms with E-state index in [1.807, 2.05) is 30.1 Å². The van der Waals surface area contributed by atoms with Gasteiger partial charge in [0.2, 0.25) is 12.7 Å². The molecule has 2 aliphatic heterocycles. The van der Waals surface area contributed by atoms with Gasteiger partial charge in [0.15, 0.2) is 11.5 Å². The van der Waals surface area contributed by atoms with Crippen LogP contribution in [0.5, 0.6) is 11.5 Å². The Morgan fingerprint density at radius 3 is 2.59 bits per heavy atom. The minimum Gasteiger partial charge on any atom is -0.454 e. The normalized spacial score (nSPS) is 16.4. The van der Waals surface area contributed by atoms with Gasteiger partial charge in [-0.2, -0.15) is 0 Å². The molecule has 0 unspecified atom stereocenters. The topological polar surface area (TPSA) is 45.2 Å². The molecule has 0 N–H and O–H groups in total. The predicted octanol–water partition coefficient (Wildman–Crippen LogP) is 2.50. The molecule has 0 atom stereocenters. The number of hydrogen-bond acceptors (Lipinski definition) is 5. The van der Waals surface area contributed by atoms with Gasteiger partial charge in [-0.15, -0.1) is 0 Å². The summed E-state index contributed by atoms with van der Waals surface area (Å²) in [6, 6.07) is 14.5. The summed E-state index contributed by atoms with van der Waals surface area (Å²) in [5.74, 6) is 1.77. The van der Waals surface area contributed by atoms with Crippen LogP contribution in [0.15, 0.2) is 42.5 Å². The molecule has 154 valence electrons. The maximum absolute atomic E-state index is 12.7. The number of carbonyl (C=O) groups excluding carboxylic acids is 1. The number of nitrogens with zero attached hydrogens (tertiary/aromatic N) is 3. The molecule has 2 heterocycles. The highest BCUT2D eigenvalue weighted by atomic mass is 16.7. The number of fused-ring (bicyclic) bond motifs is 1. The van der Waals surface area contributed by atoms with Gasteiger partial charge in [0.25, 0.3) is 0 Å². The number of amides is 1. The summed E-state index contributed by atoms with van der Waals surface area (Å²) in [4.78, 5) is 19.2. The lowest BCUT2D eigenvalue weighted by atomic mass is 10.1. The van der Waals surface area contributed by atoms with E-state index in [1.54, 1.807) is 0 Å². The zero-order valence-electron chi connectivity index (χ0n) is 17.3. The van der Waals surface area contributed by atoms with Crippen molar-refractivity contribution in [1.29, 1.82) is 0 Å². The highest BCUT2D eigenvalue weighted by molar-refractivity contribution is 5.78. The van der Waals surface area contributed by atoms with E-state index in [-0.39, 0.29) is 12.7 Å². The van der Waals surface area contributed by atoms with Crippen molar-refractivity contribution in [3.05, 3.63) is 59.2 Å². The van der Waals surface area contributed by atoms with Crippen molar-refractivity contribution in [2.75, 3.05) is 46.6 Å². The van der Waals surface area contributed by atoms with Gasteiger partial charge in [0.1, 0.15) is 0 Å². The maximum Gasteiger partial charge on any atom is 0.236 e. The zero-order valence-corrected chi connectivity index (χ0v) is 17.3. The Morgan fingerprint density at radius 2 is 1.79 bits per heavy atom. The number of benzene rings is 2. The van der Waals surface area contributed by atoms with Crippen LogP contribution in [0.4, 0.5) is 0 Å². The Balaban J connectivity index is 1.24. The van der Waals surface area contributed by atoms with Crippen LogP contribution in [0, 0.1) is 6.92 Å². The van der Waals surface area contributed by atoms with Gasteiger partial charge >= 0.3 is 0 Å². The van der Waals surface area contributed by atoms with E-state index in [1.165, 1.54) is 11.1 Å². The zero-order chi connectivity index (χ0) is 20.2. The van der Waals surface area contributed by atoms with Crippen molar-refractivity contribution < 1.29 is 14.3 Å². The summed E-state index contributed by atoms with van der Waals surface area (Å²) in [7, 11) is 1.98. The first kappa shape index (κ1) is 19.7. The van der Waals surface area contributed by atoms with Crippen LogP contribution in [0.3, 0.4) is 0 Å². The van der Waals surface area contributed by atoms with Gasteiger partial charge in [-0.25, -0.2) is 0 Å². The molecule has 0 aliphatic carbocycles. The van der Waals surface area contributed by atoms with Gasteiger partial charge in [-0.3, -0.25) is 14.6 Å². The third kappa shape index (κ3) is 4.89. The number of piperazine rings is 1. The average Bonchev–Trinajstić information content (AvgIpc) is 3.18. The summed E-state index contributed by atoms with van der Waals surface area (Å²) in [6.07, 6.45) is 0. The minimum atomic E-state index is 0.198. The molecule has 2 aliphatic rings. The first-order valence-corrected chi connectivity index (χ1v) is 10.2. The van der Waals surface area contributed by atoms with Crippen LogP contribution >= 0.6 is 0 Å². The van der Waals surface area contributed by atoms with Crippen molar-refractivity contribution in [2.24, 2.45) is 0 Å². The Bertz CT molecular complexity index is 862. The van der Waals surface area contributed by atoms with E-state index >= 15 is 0 Å². The molecule has 2 aromatic carbocycles. The lowest BCUT2D eigenvalue weighted by molar-refractivity contribution is -0.134. The molecule has 6 heteroatoms. The lowest BCUT2D eigenvalue weighted by Gasteiger charge is -2.35. The summed E-state index contributed by atoms with van der Waals surface area (Å²) in [5, 5.41) is 0. The highest BCUT2D eigenvalue weighted by Gasteiger charge is 2.22. The number of ether oxygens (including phenoxy) is 2. The van der Waals surface area contributed by atoms with Gasteiger partial charge < -0.3 is 14.4 Å². The first-order chi connectivity index (χ1) is 14.1. The standard InChI is InChI=1S/C23H29N3O3/c1-18-5-3-4-6-20(18)15-25-9-11-26(12-10-25)23(27)16-24(2)14-19-7-8-21-22(13-19)29-17-28-21/h3-8,13H,9-12,14-17H2,1-2H3. The second kappa shape index (κ2) is 8.84. The number of carbonyl (C=O) groups is 1. The third-order valence-corrected chi connectivity index (χ3v) is 5.67. The fourth-order valence-corrected chi connectivity index (χ4v) is 3.92. The predicted molar refractivity (Wildman–Crippen MR) is 112 cm³/mol. The Kier molecular flexibility index (Phi) is 6.02. The summed E-state index contributed by atoms with van der Waals surface area (Å²) in [6.45, 7) is 7.96. The van der Waals surface area contributed by atoms with E-state index in [9.17, 15) is 4.79 Å². The van der Waals surface area contributed by atoms with Crippen molar-refractivity contribution >= 4 is 5.91 Å². The summed E-state index contributed by atoms with van der Waals surface area (Å²) >= 11 is 0. The summed E-state index contributed by atoms with van der Waals surface area (Å²) in [5.41, 5.74) is 3.82. The van der Waals surface area contributed by atoms with E-state index in [4.69, 9.17) is 9.47 Å². The van der Waals surface area contributed by atoms with Crippen LogP contribution in [-0.2, 0) is 17.9 Å². The second-order valence-corrected chi connectivity index (χ2v) is 7.94. The Labute approximate surface area is 172 Å². The van der Waals surface area contributed by atoms with Gasteiger partial charge in [0, 0.05) is 39.3 Å². The summed E-state index contributed by atoms with van der Waals surface area (Å²) < 4.78 is 10.8. The molecule has 29 heavy (non-hydrogen) atoms. The molecule has 1 fully saturated rings. The Hall–Kier alpha value is -2.57. The molecule has 0 bridgehead atoms. The van der Waals surface area contributed by atoms with Gasteiger partial charge in [-0.05, 0) is 42.8 Å². The highest BCUT2D eigenvalue weighted by Crippen LogP contribution is 2.32. The van der Waals surface area contributed by atoms with E-state index in [0.717, 1.165) is 49.8 Å². The quantitative estimate of drug-likeness (QED) is 0.752. The second-order valence-electron chi connectivity index (χ2n) is 7.94. The number of rotatable bonds is 6. The van der Waals surface area contributed by atoms with Crippen molar-refractivity contribution in [2.45, 2.75) is 20.0 Å². The molecule has 1 saturated heterocycles. The maximum atomic E-state index is 12.7. The smallest absolute Gasteiger partial charge is 0.236 e. The lowest BCUT2D eigenvalue weighted by Crippen LogP contribution is -2.50. The fourth-order valence-electron chi connectivity index (χ4n) is 3.92. The van der Waals surface area contributed by atoms with Crippen LogP contribution in [0.25, 0.3) is 0 Å². The SMILES string of the molecule is Cc1ccccc1CN1CCN(C(=O)CN(C)Cc2ccc3c(c2)OCO3)CC1. The molecule has 0 radical (unpaired) electrons. The number of hydrogen-bond donors (Lipinski definition) is 0. The minimum absolute atomic E-state index is 0.198.